The van der Waals surface area contributed by atoms with Crippen LogP contribution in [0, 0.1) is 0 Å². The predicted molar refractivity (Wildman–Crippen MR) is 53.2 cm³/mol. The number of furan rings is 1. The van der Waals surface area contributed by atoms with Crippen molar-refractivity contribution < 1.29 is 18.8 Å². The maximum absolute atomic E-state index is 11.2. The van der Waals surface area contributed by atoms with Crippen molar-refractivity contribution in [1.29, 1.82) is 0 Å². The maximum atomic E-state index is 11.2. The molecule has 1 aromatic heterocycles. The van der Waals surface area contributed by atoms with E-state index in [0.29, 0.717) is 29.4 Å². The molecule has 15 heavy (non-hydrogen) atoms. The van der Waals surface area contributed by atoms with Gasteiger partial charge in [0.1, 0.15) is 17.7 Å². The zero-order valence-corrected chi connectivity index (χ0v) is 8.17. The summed E-state index contributed by atoms with van der Waals surface area (Å²) in [5.74, 6) is 0.350. The van der Waals surface area contributed by atoms with Crippen LogP contribution in [0.25, 0.3) is 6.08 Å². The Morgan fingerprint density at radius 1 is 1.40 bits per heavy atom. The maximum Gasteiger partial charge on any atom is 0.291 e. The summed E-state index contributed by atoms with van der Waals surface area (Å²) in [6, 6.07) is 1.47. The lowest BCUT2D eigenvalue weighted by molar-refractivity contribution is -0.107. The monoisotopic (exact) mass is 223 g/mol. The van der Waals surface area contributed by atoms with E-state index in [2.05, 4.69) is 5.32 Å². The number of hydrogen-bond acceptors (Lipinski definition) is 5. The van der Waals surface area contributed by atoms with Crippen LogP contribution >= 0.6 is 11.8 Å². The number of nitrogens with one attached hydrogen (secondary N) is 1. The van der Waals surface area contributed by atoms with Gasteiger partial charge in [0.05, 0.1) is 5.56 Å². The molecule has 76 valence electrons. The molecule has 0 radical (unpaired) electrons. The second kappa shape index (κ2) is 3.74. The van der Waals surface area contributed by atoms with Crippen molar-refractivity contribution in [3.8, 4) is 0 Å². The average molecular weight is 223 g/mol. The molecule has 0 bridgehead atoms. The number of aldehydes is 1. The molecule has 0 saturated carbocycles. The molecule has 1 saturated heterocycles. The highest BCUT2D eigenvalue weighted by Crippen LogP contribution is 2.21. The Bertz CT molecular complexity index is 474. The Morgan fingerprint density at radius 3 is 2.73 bits per heavy atom. The van der Waals surface area contributed by atoms with Gasteiger partial charge in [0.25, 0.3) is 5.24 Å². The highest BCUT2D eigenvalue weighted by Gasteiger charge is 2.25. The molecule has 0 unspecified atom stereocenters. The minimum Gasteiger partial charge on any atom is -0.464 e. The fraction of sp³-hybridized carbons (Fsp3) is 0. The highest BCUT2D eigenvalue weighted by molar-refractivity contribution is 8.27. The minimum absolute atomic E-state index is 0.164. The molecule has 1 fully saturated rings. The van der Waals surface area contributed by atoms with Crippen LogP contribution < -0.4 is 5.32 Å². The lowest BCUT2D eigenvalue weighted by atomic mass is 10.3. The van der Waals surface area contributed by atoms with E-state index < -0.39 is 5.24 Å². The zero-order valence-electron chi connectivity index (χ0n) is 7.35. The normalized spacial score (nSPS) is 18.3. The molecular formula is C9H5NO4S. The second-order valence-electron chi connectivity index (χ2n) is 2.76. The molecule has 0 aromatic carbocycles. The topological polar surface area (TPSA) is 76.4 Å². The van der Waals surface area contributed by atoms with Crippen molar-refractivity contribution in [2.75, 3.05) is 0 Å². The van der Waals surface area contributed by atoms with E-state index in [4.69, 9.17) is 4.42 Å². The van der Waals surface area contributed by atoms with Crippen LogP contribution in [0.1, 0.15) is 16.1 Å². The number of amides is 1. The highest BCUT2D eigenvalue weighted by atomic mass is 32.2. The van der Waals surface area contributed by atoms with Crippen molar-refractivity contribution in [1.82, 2.24) is 5.32 Å². The summed E-state index contributed by atoms with van der Waals surface area (Å²) >= 11 is 0.592. The zero-order chi connectivity index (χ0) is 10.8. The van der Waals surface area contributed by atoms with E-state index in [1.165, 1.54) is 18.4 Å². The fourth-order valence-corrected chi connectivity index (χ4v) is 1.62. The first-order valence-electron chi connectivity index (χ1n) is 3.97. The summed E-state index contributed by atoms with van der Waals surface area (Å²) in [4.78, 5) is 32.3. The standard InChI is InChI=1S/C9H5NO4S/c11-3-5-1-6(14-4-5)2-7-8(12)15-9(13)10-7/h1-4H,(H,10,13). The van der Waals surface area contributed by atoms with Gasteiger partial charge in [-0.1, -0.05) is 0 Å². The number of carbonyl (C=O) groups is 3. The van der Waals surface area contributed by atoms with Crippen molar-refractivity contribution >= 4 is 34.5 Å². The van der Waals surface area contributed by atoms with E-state index in [-0.39, 0.29) is 10.8 Å². The Hall–Kier alpha value is -1.82. The third-order valence-corrected chi connectivity index (χ3v) is 2.40. The Balaban J connectivity index is 2.26. The van der Waals surface area contributed by atoms with Crippen LogP contribution in [0.3, 0.4) is 0 Å². The van der Waals surface area contributed by atoms with Crippen molar-refractivity contribution in [2.45, 2.75) is 0 Å². The summed E-state index contributed by atoms with van der Waals surface area (Å²) in [5, 5.41) is 1.60. The minimum atomic E-state index is -0.409. The average Bonchev–Trinajstić information content (AvgIpc) is 2.75. The molecule has 5 nitrogen and oxygen atoms in total. The Labute approximate surface area is 88.5 Å². The molecule has 1 aromatic rings. The van der Waals surface area contributed by atoms with E-state index in [1.807, 2.05) is 0 Å². The van der Waals surface area contributed by atoms with E-state index in [1.54, 1.807) is 0 Å². The van der Waals surface area contributed by atoms with Crippen LogP contribution in [-0.4, -0.2) is 16.6 Å². The molecule has 1 amide bonds. The summed E-state index contributed by atoms with van der Waals surface area (Å²) < 4.78 is 4.98. The summed E-state index contributed by atoms with van der Waals surface area (Å²) in [6.07, 6.45) is 3.29. The lowest BCUT2D eigenvalue weighted by Crippen LogP contribution is -2.10. The molecule has 6 heteroatoms. The Kier molecular flexibility index (Phi) is 2.42. The van der Waals surface area contributed by atoms with E-state index in [0.717, 1.165) is 0 Å². The first-order chi connectivity index (χ1) is 7.19. The van der Waals surface area contributed by atoms with E-state index >= 15 is 0 Å². The van der Waals surface area contributed by atoms with Gasteiger partial charge in [0, 0.05) is 17.8 Å². The van der Waals surface area contributed by atoms with Gasteiger partial charge in [0.2, 0.25) is 5.12 Å². The fourth-order valence-electron chi connectivity index (χ4n) is 1.07. The first kappa shape index (κ1) is 9.72. The predicted octanol–water partition coefficient (Wildman–Crippen LogP) is 1.42. The molecule has 2 heterocycles. The van der Waals surface area contributed by atoms with Gasteiger partial charge in [0.15, 0.2) is 6.29 Å². The molecule has 1 aliphatic heterocycles. The molecule has 1 N–H and O–H groups in total. The molecule has 0 atom stereocenters. The second-order valence-corrected chi connectivity index (χ2v) is 3.71. The van der Waals surface area contributed by atoms with Crippen LogP contribution in [0.15, 0.2) is 22.4 Å². The summed E-state index contributed by atoms with van der Waals surface area (Å²) in [6.45, 7) is 0. The van der Waals surface area contributed by atoms with Gasteiger partial charge < -0.3 is 9.73 Å². The lowest BCUT2D eigenvalue weighted by Gasteiger charge is -1.90. The van der Waals surface area contributed by atoms with Gasteiger partial charge in [-0.25, -0.2) is 0 Å². The smallest absolute Gasteiger partial charge is 0.291 e. The van der Waals surface area contributed by atoms with Gasteiger partial charge >= 0.3 is 0 Å². The number of thioether (sulfide) groups is 1. The summed E-state index contributed by atoms with van der Waals surface area (Å²) in [5.41, 5.74) is 0.545. The van der Waals surface area contributed by atoms with Crippen molar-refractivity contribution in [3.63, 3.8) is 0 Å². The van der Waals surface area contributed by atoms with Gasteiger partial charge in [-0.3, -0.25) is 14.4 Å². The largest absolute Gasteiger partial charge is 0.464 e. The number of hydrogen-bond donors (Lipinski definition) is 1. The quantitative estimate of drug-likeness (QED) is 0.606. The third-order valence-electron chi connectivity index (χ3n) is 1.70. The van der Waals surface area contributed by atoms with Crippen LogP contribution in [-0.2, 0) is 4.79 Å². The van der Waals surface area contributed by atoms with Crippen LogP contribution in [0.4, 0.5) is 4.79 Å². The summed E-state index contributed by atoms with van der Waals surface area (Å²) in [7, 11) is 0. The molecule has 1 aliphatic rings. The Morgan fingerprint density at radius 2 is 2.20 bits per heavy atom. The molecular weight excluding hydrogens is 218 g/mol. The molecule has 0 aliphatic carbocycles. The van der Waals surface area contributed by atoms with Gasteiger partial charge in [-0.05, 0) is 6.07 Å². The third kappa shape index (κ3) is 1.99. The van der Waals surface area contributed by atoms with Gasteiger partial charge in [-0.2, -0.15) is 0 Å². The molecule has 0 spiro atoms. The number of rotatable bonds is 2. The van der Waals surface area contributed by atoms with Crippen LogP contribution in [0.2, 0.25) is 0 Å². The van der Waals surface area contributed by atoms with Gasteiger partial charge in [-0.15, -0.1) is 0 Å². The van der Waals surface area contributed by atoms with Crippen LogP contribution in [0.5, 0.6) is 0 Å². The van der Waals surface area contributed by atoms with Crippen molar-refractivity contribution in [3.05, 3.63) is 29.4 Å². The molecule has 2 rings (SSSR count). The van der Waals surface area contributed by atoms with E-state index in [9.17, 15) is 14.4 Å². The number of carbonyl (C=O) groups excluding carboxylic acids is 3. The van der Waals surface area contributed by atoms with Crippen molar-refractivity contribution in [2.24, 2.45) is 0 Å². The SMILES string of the molecule is O=Cc1coc(C=C2NC(=O)SC2=O)c1. The first-order valence-corrected chi connectivity index (χ1v) is 4.79.